The molecule has 72 valence electrons. The summed E-state index contributed by atoms with van der Waals surface area (Å²) in [5.41, 5.74) is 0.269. The molecule has 0 amide bonds. The van der Waals surface area contributed by atoms with Gasteiger partial charge in [-0.25, -0.2) is 0 Å². The molecule has 1 unspecified atom stereocenters. The summed E-state index contributed by atoms with van der Waals surface area (Å²) in [7, 11) is 0. The summed E-state index contributed by atoms with van der Waals surface area (Å²) in [4.78, 5) is 0. The van der Waals surface area contributed by atoms with Gasteiger partial charge in [-0.1, -0.05) is 25.2 Å². The van der Waals surface area contributed by atoms with Gasteiger partial charge in [0.25, 0.3) is 0 Å². The van der Waals surface area contributed by atoms with Crippen molar-refractivity contribution in [2.75, 3.05) is 13.2 Å². The van der Waals surface area contributed by atoms with Gasteiger partial charge in [-0.2, -0.15) is 0 Å². The third kappa shape index (κ3) is 1.87. The Morgan fingerprint density at radius 3 is 2.62 bits per heavy atom. The number of nitrogens with one attached hydrogen (secondary N) is 1. The first-order valence-corrected chi connectivity index (χ1v) is 5.17. The average molecular weight is 179 g/mol. The zero-order valence-corrected chi connectivity index (χ0v) is 8.01. The van der Waals surface area contributed by atoms with Crippen LogP contribution in [0.25, 0.3) is 0 Å². The van der Waals surface area contributed by atoms with Gasteiger partial charge in [0.1, 0.15) is 6.10 Å². The Labute approximate surface area is 80.0 Å². The molecule has 1 spiro atoms. The standard InChI is InChI=1S/C11H17NO/c1-2-10-8-12-11(9-13-10)6-4-3-5-7-11/h1,10,12H,3-9H2. The Kier molecular flexibility index (Phi) is 2.57. The van der Waals surface area contributed by atoms with Gasteiger partial charge in [0, 0.05) is 12.1 Å². The second-order valence-electron chi connectivity index (χ2n) is 4.19. The van der Waals surface area contributed by atoms with E-state index in [0.717, 1.165) is 13.2 Å². The SMILES string of the molecule is C#CC1CNC2(CCCCC2)CO1. The summed E-state index contributed by atoms with van der Waals surface area (Å²) in [5.74, 6) is 2.64. The highest BCUT2D eigenvalue weighted by atomic mass is 16.5. The number of ether oxygens (including phenoxy) is 1. The van der Waals surface area contributed by atoms with Gasteiger partial charge < -0.3 is 10.1 Å². The van der Waals surface area contributed by atoms with Crippen molar-refractivity contribution in [2.24, 2.45) is 0 Å². The molecule has 1 atom stereocenters. The molecule has 1 aliphatic heterocycles. The monoisotopic (exact) mass is 179 g/mol. The molecule has 1 saturated carbocycles. The van der Waals surface area contributed by atoms with E-state index in [9.17, 15) is 0 Å². The van der Waals surface area contributed by atoms with E-state index >= 15 is 0 Å². The molecule has 1 aliphatic carbocycles. The van der Waals surface area contributed by atoms with E-state index in [1.54, 1.807) is 0 Å². The van der Waals surface area contributed by atoms with E-state index in [4.69, 9.17) is 11.2 Å². The number of hydrogen-bond donors (Lipinski definition) is 1. The molecule has 0 radical (unpaired) electrons. The van der Waals surface area contributed by atoms with E-state index in [0.29, 0.717) is 0 Å². The van der Waals surface area contributed by atoms with Crippen LogP contribution in [0.2, 0.25) is 0 Å². The molecular formula is C11H17NO. The smallest absolute Gasteiger partial charge is 0.130 e. The Morgan fingerprint density at radius 2 is 2.08 bits per heavy atom. The Hall–Kier alpha value is -0.520. The normalized spacial score (nSPS) is 32.7. The first-order chi connectivity index (χ1) is 6.35. The van der Waals surface area contributed by atoms with Gasteiger partial charge in [-0.15, -0.1) is 6.42 Å². The molecule has 2 aliphatic rings. The van der Waals surface area contributed by atoms with Crippen LogP contribution in [0.5, 0.6) is 0 Å². The number of rotatable bonds is 0. The molecule has 0 aromatic heterocycles. The van der Waals surface area contributed by atoms with Crippen molar-refractivity contribution in [1.29, 1.82) is 0 Å². The Balaban J connectivity index is 1.92. The van der Waals surface area contributed by atoms with Crippen LogP contribution in [0.1, 0.15) is 32.1 Å². The number of morpholine rings is 1. The maximum atomic E-state index is 5.62. The van der Waals surface area contributed by atoms with Crippen molar-refractivity contribution in [3.8, 4) is 12.3 Å². The van der Waals surface area contributed by atoms with Crippen LogP contribution in [-0.4, -0.2) is 24.8 Å². The molecule has 1 N–H and O–H groups in total. The van der Waals surface area contributed by atoms with Gasteiger partial charge in [0.2, 0.25) is 0 Å². The van der Waals surface area contributed by atoms with E-state index in [2.05, 4.69) is 11.2 Å². The highest BCUT2D eigenvalue weighted by molar-refractivity contribution is 5.03. The summed E-state index contributed by atoms with van der Waals surface area (Å²) in [5, 5.41) is 3.57. The summed E-state index contributed by atoms with van der Waals surface area (Å²) < 4.78 is 5.62. The topological polar surface area (TPSA) is 21.3 Å². The van der Waals surface area contributed by atoms with Crippen LogP contribution in [-0.2, 0) is 4.74 Å². The molecule has 0 bridgehead atoms. The fourth-order valence-corrected chi connectivity index (χ4v) is 2.34. The zero-order chi connectivity index (χ0) is 9.15. The van der Waals surface area contributed by atoms with Crippen molar-refractivity contribution in [1.82, 2.24) is 5.32 Å². The van der Waals surface area contributed by atoms with Crippen LogP contribution in [0, 0.1) is 12.3 Å². The molecule has 13 heavy (non-hydrogen) atoms. The second-order valence-corrected chi connectivity index (χ2v) is 4.19. The molecule has 0 aromatic rings. The van der Waals surface area contributed by atoms with E-state index < -0.39 is 0 Å². The molecule has 0 aromatic carbocycles. The van der Waals surface area contributed by atoms with E-state index in [-0.39, 0.29) is 11.6 Å². The summed E-state index contributed by atoms with van der Waals surface area (Å²) in [6, 6.07) is 0. The van der Waals surface area contributed by atoms with Crippen LogP contribution in [0.4, 0.5) is 0 Å². The van der Waals surface area contributed by atoms with Gasteiger partial charge in [-0.3, -0.25) is 0 Å². The van der Waals surface area contributed by atoms with Crippen LogP contribution in [0.3, 0.4) is 0 Å². The lowest BCUT2D eigenvalue weighted by Gasteiger charge is -2.42. The zero-order valence-electron chi connectivity index (χ0n) is 8.01. The third-order valence-corrected chi connectivity index (χ3v) is 3.22. The first kappa shape index (κ1) is 9.05. The lowest BCUT2D eigenvalue weighted by atomic mass is 9.81. The molecule has 2 rings (SSSR count). The summed E-state index contributed by atoms with van der Waals surface area (Å²) in [6.07, 6.45) is 11.8. The molecule has 1 heterocycles. The van der Waals surface area contributed by atoms with Gasteiger partial charge in [-0.05, 0) is 12.8 Å². The minimum absolute atomic E-state index is 0.00690. The molecule has 1 saturated heterocycles. The fourth-order valence-electron chi connectivity index (χ4n) is 2.34. The average Bonchev–Trinajstić information content (AvgIpc) is 2.20. The Bertz CT molecular complexity index is 203. The van der Waals surface area contributed by atoms with E-state index in [1.807, 2.05) is 0 Å². The van der Waals surface area contributed by atoms with Crippen LogP contribution < -0.4 is 5.32 Å². The van der Waals surface area contributed by atoms with Crippen molar-refractivity contribution >= 4 is 0 Å². The summed E-state index contributed by atoms with van der Waals surface area (Å²) in [6.45, 7) is 1.64. The van der Waals surface area contributed by atoms with Crippen molar-refractivity contribution < 1.29 is 4.74 Å². The van der Waals surface area contributed by atoms with Crippen LogP contribution in [0.15, 0.2) is 0 Å². The van der Waals surface area contributed by atoms with Crippen molar-refractivity contribution in [3.63, 3.8) is 0 Å². The quantitative estimate of drug-likeness (QED) is 0.566. The van der Waals surface area contributed by atoms with Gasteiger partial charge >= 0.3 is 0 Å². The van der Waals surface area contributed by atoms with Crippen molar-refractivity contribution in [2.45, 2.75) is 43.7 Å². The van der Waals surface area contributed by atoms with Gasteiger partial charge in [0.15, 0.2) is 0 Å². The maximum absolute atomic E-state index is 5.62. The minimum atomic E-state index is -0.00690. The maximum Gasteiger partial charge on any atom is 0.130 e. The lowest BCUT2D eigenvalue weighted by molar-refractivity contribution is -0.0200. The molecule has 2 nitrogen and oxygen atoms in total. The number of hydrogen-bond acceptors (Lipinski definition) is 2. The third-order valence-electron chi connectivity index (χ3n) is 3.22. The number of terminal acetylenes is 1. The second kappa shape index (κ2) is 3.69. The first-order valence-electron chi connectivity index (χ1n) is 5.17. The fraction of sp³-hybridized carbons (Fsp3) is 0.818. The van der Waals surface area contributed by atoms with E-state index in [1.165, 1.54) is 32.1 Å². The Morgan fingerprint density at radius 1 is 1.31 bits per heavy atom. The molecule has 2 fully saturated rings. The minimum Gasteiger partial charge on any atom is -0.362 e. The molecular weight excluding hydrogens is 162 g/mol. The highest BCUT2D eigenvalue weighted by Crippen LogP contribution is 2.30. The van der Waals surface area contributed by atoms with Crippen molar-refractivity contribution in [3.05, 3.63) is 0 Å². The largest absolute Gasteiger partial charge is 0.362 e. The predicted molar refractivity (Wildman–Crippen MR) is 52.4 cm³/mol. The van der Waals surface area contributed by atoms with Crippen LogP contribution >= 0.6 is 0 Å². The highest BCUT2D eigenvalue weighted by Gasteiger charge is 2.35. The predicted octanol–water partition coefficient (Wildman–Crippen LogP) is 1.31. The lowest BCUT2D eigenvalue weighted by Crippen LogP contribution is -2.57. The molecule has 2 heteroatoms. The summed E-state index contributed by atoms with van der Waals surface area (Å²) >= 11 is 0. The van der Waals surface area contributed by atoms with Gasteiger partial charge in [0.05, 0.1) is 6.61 Å².